The van der Waals surface area contributed by atoms with Crippen molar-refractivity contribution >= 4 is 44.5 Å². The lowest BCUT2D eigenvalue weighted by Crippen LogP contribution is -2.33. The van der Waals surface area contributed by atoms with Crippen molar-refractivity contribution in [3.8, 4) is 5.88 Å². The third kappa shape index (κ3) is 5.04. The Morgan fingerprint density at radius 1 is 1.19 bits per heavy atom. The van der Waals surface area contributed by atoms with E-state index in [4.69, 9.17) is 4.74 Å². The molecule has 1 aromatic carbocycles. The normalized spacial score (nSPS) is 10.9. The number of amides is 2. The predicted octanol–water partition coefficient (Wildman–Crippen LogP) is 3.35. The SMILES string of the molecule is COc1nn(C)c2nc(C)c(CCC(=O)NCC(=O)Nc3ccc(Br)c(C)c3)c(C)c12. The Labute approximate surface area is 189 Å². The topological polar surface area (TPSA) is 98.1 Å². The maximum absolute atomic E-state index is 12.3. The molecule has 2 N–H and O–H groups in total. The van der Waals surface area contributed by atoms with E-state index in [0.717, 1.165) is 37.9 Å². The number of hydrogen-bond donors (Lipinski definition) is 2. The summed E-state index contributed by atoms with van der Waals surface area (Å²) in [6, 6.07) is 5.54. The van der Waals surface area contributed by atoms with Gasteiger partial charge in [0, 0.05) is 29.3 Å². The lowest BCUT2D eigenvalue weighted by molar-refractivity contribution is -0.124. The fourth-order valence-corrected chi connectivity index (χ4v) is 3.79. The van der Waals surface area contributed by atoms with Crippen molar-refractivity contribution in [2.45, 2.75) is 33.6 Å². The van der Waals surface area contributed by atoms with Crippen LogP contribution in [0.15, 0.2) is 22.7 Å². The van der Waals surface area contributed by atoms with E-state index in [-0.39, 0.29) is 24.8 Å². The standard InChI is InChI=1S/C22H26BrN5O3/c1-12-10-15(6-8-17(12)23)26-19(30)11-24-18(29)9-7-16-13(2)20-21(25-14(16)3)28(4)27-22(20)31-5/h6,8,10H,7,9,11H2,1-5H3,(H,24,29)(H,26,30). The minimum Gasteiger partial charge on any atom is -0.479 e. The van der Waals surface area contributed by atoms with Crippen molar-refractivity contribution in [3.05, 3.63) is 45.1 Å². The molecule has 2 aromatic heterocycles. The number of carbonyl (C=O) groups is 2. The summed E-state index contributed by atoms with van der Waals surface area (Å²) in [5, 5.41) is 10.7. The second-order valence-electron chi connectivity index (χ2n) is 7.42. The van der Waals surface area contributed by atoms with Crippen LogP contribution in [0.1, 0.15) is 28.8 Å². The van der Waals surface area contributed by atoms with Crippen LogP contribution in [0.2, 0.25) is 0 Å². The van der Waals surface area contributed by atoms with Crippen molar-refractivity contribution in [3.63, 3.8) is 0 Å². The lowest BCUT2D eigenvalue weighted by atomic mass is 10.00. The number of pyridine rings is 1. The summed E-state index contributed by atoms with van der Waals surface area (Å²) in [7, 11) is 3.40. The van der Waals surface area contributed by atoms with Crippen molar-refractivity contribution in [2.24, 2.45) is 7.05 Å². The zero-order valence-corrected chi connectivity index (χ0v) is 19.9. The van der Waals surface area contributed by atoms with E-state index >= 15 is 0 Å². The van der Waals surface area contributed by atoms with E-state index in [2.05, 4.69) is 36.6 Å². The molecule has 0 spiro atoms. The Morgan fingerprint density at radius 2 is 1.94 bits per heavy atom. The Hall–Kier alpha value is -2.94. The van der Waals surface area contributed by atoms with E-state index in [9.17, 15) is 9.59 Å². The first kappa shape index (κ1) is 22.7. The highest BCUT2D eigenvalue weighted by atomic mass is 79.9. The molecule has 0 saturated heterocycles. The summed E-state index contributed by atoms with van der Waals surface area (Å²) in [6.45, 7) is 5.77. The highest BCUT2D eigenvalue weighted by Gasteiger charge is 2.18. The maximum atomic E-state index is 12.3. The summed E-state index contributed by atoms with van der Waals surface area (Å²) in [5.74, 6) is 0.0536. The Balaban J connectivity index is 1.60. The van der Waals surface area contributed by atoms with Gasteiger partial charge in [-0.25, -0.2) is 9.67 Å². The molecule has 0 saturated carbocycles. The number of anilines is 1. The molecule has 0 aliphatic rings. The molecule has 0 fully saturated rings. The highest BCUT2D eigenvalue weighted by Crippen LogP contribution is 2.30. The van der Waals surface area contributed by atoms with Crippen molar-refractivity contribution in [2.75, 3.05) is 19.0 Å². The molecule has 8 nitrogen and oxygen atoms in total. The molecule has 2 amide bonds. The number of carbonyl (C=O) groups excluding carboxylic acids is 2. The zero-order chi connectivity index (χ0) is 22.7. The number of fused-ring (bicyclic) bond motifs is 1. The second-order valence-corrected chi connectivity index (χ2v) is 8.28. The molecular formula is C22H26BrN5O3. The summed E-state index contributed by atoms with van der Waals surface area (Å²) in [5.41, 5.74) is 5.30. The summed E-state index contributed by atoms with van der Waals surface area (Å²) in [6.07, 6.45) is 0.764. The van der Waals surface area contributed by atoms with Gasteiger partial charge in [-0.1, -0.05) is 15.9 Å². The minimum atomic E-state index is -0.273. The predicted molar refractivity (Wildman–Crippen MR) is 123 cm³/mol. The van der Waals surface area contributed by atoms with Crippen LogP contribution in [0.5, 0.6) is 5.88 Å². The first-order chi connectivity index (χ1) is 14.7. The molecule has 3 rings (SSSR count). The average Bonchev–Trinajstić information content (AvgIpc) is 3.04. The molecule has 9 heteroatoms. The van der Waals surface area contributed by atoms with Crippen LogP contribution in [0.4, 0.5) is 5.69 Å². The number of methoxy groups -OCH3 is 1. The molecule has 0 unspecified atom stereocenters. The van der Waals surface area contributed by atoms with Gasteiger partial charge in [0.05, 0.1) is 19.0 Å². The molecule has 0 atom stereocenters. The van der Waals surface area contributed by atoms with Crippen LogP contribution in [0, 0.1) is 20.8 Å². The van der Waals surface area contributed by atoms with E-state index in [1.165, 1.54) is 0 Å². The van der Waals surface area contributed by atoms with Gasteiger partial charge in [-0.15, -0.1) is 5.10 Å². The number of aromatic nitrogens is 3. The van der Waals surface area contributed by atoms with Crippen molar-refractivity contribution < 1.29 is 14.3 Å². The van der Waals surface area contributed by atoms with Crippen LogP contribution >= 0.6 is 15.9 Å². The maximum Gasteiger partial charge on any atom is 0.243 e. The van der Waals surface area contributed by atoms with Gasteiger partial charge in [-0.3, -0.25) is 9.59 Å². The number of hydrogen-bond acceptors (Lipinski definition) is 5. The number of benzene rings is 1. The molecule has 0 bridgehead atoms. The van der Waals surface area contributed by atoms with E-state index < -0.39 is 0 Å². The van der Waals surface area contributed by atoms with Crippen LogP contribution in [0.3, 0.4) is 0 Å². The number of aryl methyl sites for hydroxylation is 4. The van der Waals surface area contributed by atoms with Gasteiger partial charge in [-0.05, 0) is 62.1 Å². The Kier molecular flexibility index (Phi) is 6.94. The molecular weight excluding hydrogens is 462 g/mol. The smallest absolute Gasteiger partial charge is 0.243 e. The van der Waals surface area contributed by atoms with E-state index in [0.29, 0.717) is 18.0 Å². The van der Waals surface area contributed by atoms with Gasteiger partial charge < -0.3 is 15.4 Å². The third-order valence-corrected chi connectivity index (χ3v) is 6.10. The van der Waals surface area contributed by atoms with Gasteiger partial charge in [0.15, 0.2) is 5.65 Å². The number of halogens is 1. The van der Waals surface area contributed by atoms with Gasteiger partial charge >= 0.3 is 0 Å². The van der Waals surface area contributed by atoms with Crippen LogP contribution < -0.4 is 15.4 Å². The van der Waals surface area contributed by atoms with E-state index in [1.807, 2.05) is 40.0 Å². The van der Waals surface area contributed by atoms with Gasteiger partial charge in [-0.2, -0.15) is 0 Å². The first-order valence-corrected chi connectivity index (χ1v) is 10.7. The molecule has 0 aliphatic carbocycles. The fraction of sp³-hybridized carbons (Fsp3) is 0.364. The number of ether oxygens (including phenoxy) is 1. The highest BCUT2D eigenvalue weighted by molar-refractivity contribution is 9.10. The van der Waals surface area contributed by atoms with E-state index in [1.54, 1.807) is 17.9 Å². The molecule has 2 heterocycles. The van der Waals surface area contributed by atoms with Gasteiger partial charge in [0.2, 0.25) is 17.7 Å². The summed E-state index contributed by atoms with van der Waals surface area (Å²) >= 11 is 3.43. The number of nitrogens with zero attached hydrogens (tertiary/aromatic N) is 3. The summed E-state index contributed by atoms with van der Waals surface area (Å²) < 4.78 is 8.04. The van der Waals surface area contributed by atoms with Gasteiger partial charge in [0.25, 0.3) is 0 Å². The molecule has 164 valence electrons. The monoisotopic (exact) mass is 487 g/mol. The molecule has 3 aromatic rings. The molecule has 0 radical (unpaired) electrons. The quantitative estimate of drug-likeness (QED) is 0.532. The van der Waals surface area contributed by atoms with Gasteiger partial charge in [0.1, 0.15) is 0 Å². The fourth-order valence-electron chi connectivity index (χ4n) is 3.54. The summed E-state index contributed by atoms with van der Waals surface area (Å²) in [4.78, 5) is 29.1. The van der Waals surface area contributed by atoms with Crippen molar-refractivity contribution in [1.82, 2.24) is 20.1 Å². The van der Waals surface area contributed by atoms with Crippen LogP contribution in [-0.4, -0.2) is 40.2 Å². The second kappa shape index (κ2) is 9.47. The molecule has 31 heavy (non-hydrogen) atoms. The number of rotatable bonds is 7. The lowest BCUT2D eigenvalue weighted by Gasteiger charge is -2.12. The average molecular weight is 488 g/mol. The van der Waals surface area contributed by atoms with Crippen molar-refractivity contribution in [1.29, 1.82) is 0 Å². The minimum absolute atomic E-state index is 0.0837. The number of nitrogens with one attached hydrogen (secondary N) is 2. The van der Waals surface area contributed by atoms with Crippen LogP contribution in [0.25, 0.3) is 11.0 Å². The molecule has 0 aliphatic heterocycles. The van der Waals surface area contributed by atoms with Crippen LogP contribution in [-0.2, 0) is 23.1 Å². The largest absolute Gasteiger partial charge is 0.479 e. The first-order valence-electron chi connectivity index (χ1n) is 9.90. The third-order valence-electron chi connectivity index (χ3n) is 5.21. The Bertz CT molecular complexity index is 1160. The Morgan fingerprint density at radius 3 is 2.61 bits per heavy atom. The zero-order valence-electron chi connectivity index (χ0n) is 18.3.